The van der Waals surface area contributed by atoms with Crippen LogP contribution >= 0.6 is 0 Å². The number of alkyl halides is 3. The lowest BCUT2D eigenvalue weighted by Crippen LogP contribution is -2.52. The fourth-order valence-electron chi connectivity index (χ4n) is 2.39. The second-order valence-corrected chi connectivity index (χ2v) is 7.08. The Morgan fingerprint density at radius 1 is 1.23 bits per heavy atom. The molecule has 0 saturated carbocycles. The minimum atomic E-state index is -5.90. The van der Waals surface area contributed by atoms with Crippen molar-refractivity contribution >= 4 is 16.1 Å². The molecule has 0 bridgehead atoms. The molecule has 1 fully saturated rings. The first kappa shape index (κ1) is 20.6. The number of esters is 1. The van der Waals surface area contributed by atoms with Gasteiger partial charge in [0.2, 0.25) is 0 Å². The van der Waals surface area contributed by atoms with E-state index in [1.165, 1.54) is 26.2 Å². The molecule has 26 heavy (non-hydrogen) atoms. The lowest BCUT2D eigenvalue weighted by Gasteiger charge is -2.38. The third-order valence-corrected chi connectivity index (χ3v) is 4.71. The van der Waals surface area contributed by atoms with Gasteiger partial charge in [0.1, 0.15) is 12.2 Å². The van der Waals surface area contributed by atoms with Gasteiger partial charge in [-0.1, -0.05) is 18.2 Å². The minimum Gasteiger partial charge on any atom is -0.456 e. The Bertz CT molecular complexity index is 721. The van der Waals surface area contributed by atoms with Gasteiger partial charge in [-0.05, 0) is 19.1 Å². The number of hydrogen-bond acceptors (Lipinski definition) is 7. The van der Waals surface area contributed by atoms with Crippen LogP contribution in [0.25, 0.3) is 0 Å². The van der Waals surface area contributed by atoms with E-state index < -0.39 is 46.2 Å². The Morgan fingerprint density at radius 2 is 1.85 bits per heavy atom. The van der Waals surface area contributed by atoms with Gasteiger partial charge >= 0.3 is 21.6 Å². The first-order valence-electron chi connectivity index (χ1n) is 7.49. The molecular weight excluding hydrogens is 381 g/mol. The average Bonchev–Trinajstić information content (AvgIpc) is 2.57. The smallest absolute Gasteiger partial charge is 0.456 e. The second-order valence-electron chi connectivity index (χ2n) is 5.51. The van der Waals surface area contributed by atoms with Crippen LogP contribution in [0.2, 0.25) is 0 Å². The Labute approximate surface area is 148 Å². The monoisotopic (exact) mass is 398 g/mol. The Morgan fingerprint density at radius 3 is 2.38 bits per heavy atom. The molecule has 1 aromatic rings. The normalized spacial score (nSPS) is 27.1. The number of rotatable bonds is 5. The number of benzene rings is 1. The first-order valence-corrected chi connectivity index (χ1v) is 8.90. The van der Waals surface area contributed by atoms with Crippen molar-refractivity contribution in [2.75, 3.05) is 7.11 Å². The Hall–Kier alpha value is -1.69. The zero-order valence-electron chi connectivity index (χ0n) is 13.8. The van der Waals surface area contributed by atoms with Gasteiger partial charge in [-0.2, -0.15) is 21.6 Å². The molecule has 1 heterocycles. The molecule has 2 rings (SSSR count). The van der Waals surface area contributed by atoms with Crippen molar-refractivity contribution in [3.05, 3.63) is 35.9 Å². The third-order valence-electron chi connectivity index (χ3n) is 3.67. The molecule has 1 aliphatic rings. The predicted octanol–water partition coefficient (Wildman–Crippen LogP) is 2.23. The van der Waals surface area contributed by atoms with Gasteiger partial charge in [0.05, 0.1) is 11.7 Å². The van der Waals surface area contributed by atoms with E-state index in [1.54, 1.807) is 18.2 Å². The van der Waals surface area contributed by atoms with E-state index >= 15 is 0 Å². The summed E-state index contributed by atoms with van der Waals surface area (Å²) in [6.07, 6.45) is -5.24. The molecule has 1 aromatic carbocycles. The van der Waals surface area contributed by atoms with Gasteiger partial charge in [0.15, 0.2) is 6.29 Å². The maximum Gasteiger partial charge on any atom is 0.523 e. The van der Waals surface area contributed by atoms with Crippen molar-refractivity contribution in [3.63, 3.8) is 0 Å². The van der Waals surface area contributed by atoms with Gasteiger partial charge in [-0.25, -0.2) is 4.79 Å². The third kappa shape index (κ3) is 4.72. The molecule has 0 aliphatic carbocycles. The van der Waals surface area contributed by atoms with E-state index in [0.717, 1.165) is 0 Å². The van der Waals surface area contributed by atoms with E-state index in [9.17, 15) is 26.4 Å². The zero-order valence-corrected chi connectivity index (χ0v) is 14.6. The van der Waals surface area contributed by atoms with E-state index in [1.807, 2.05) is 0 Å². The first-order chi connectivity index (χ1) is 12.0. The number of carbonyl (C=O) groups excluding carboxylic acids is 1. The van der Waals surface area contributed by atoms with Gasteiger partial charge in [0.25, 0.3) is 0 Å². The lowest BCUT2D eigenvalue weighted by atomic mass is 10.0. The van der Waals surface area contributed by atoms with E-state index in [0.29, 0.717) is 0 Å². The van der Waals surface area contributed by atoms with Crippen LogP contribution in [0.15, 0.2) is 30.3 Å². The van der Waals surface area contributed by atoms with Crippen LogP contribution in [-0.2, 0) is 28.5 Å². The molecule has 4 atom stereocenters. The predicted molar refractivity (Wildman–Crippen MR) is 81.5 cm³/mol. The number of hydrogen-bond donors (Lipinski definition) is 0. The number of methoxy groups -OCH3 is 1. The van der Waals surface area contributed by atoms with Crippen molar-refractivity contribution in [3.8, 4) is 0 Å². The number of ether oxygens (including phenoxy) is 3. The van der Waals surface area contributed by atoms with E-state index in [4.69, 9.17) is 14.2 Å². The van der Waals surface area contributed by atoms with Gasteiger partial charge in [-0.15, -0.1) is 0 Å². The largest absolute Gasteiger partial charge is 0.523 e. The molecule has 7 nitrogen and oxygen atoms in total. The zero-order chi connectivity index (χ0) is 19.5. The van der Waals surface area contributed by atoms with E-state index in [-0.39, 0.29) is 12.0 Å². The molecule has 0 aromatic heterocycles. The summed E-state index contributed by atoms with van der Waals surface area (Å²) in [5, 5.41) is 0. The number of carbonyl (C=O) groups is 1. The fourth-order valence-corrected chi connectivity index (χ4v) is 3.07. The maximum absolute atomic E-state index is 12.6. The summed E-state index contributed by atoms with van der Waals surface area (Å²) >= 11 is 0. The summed E-state index contributed by atoms with van der Waals surface area (Å²) in [7, 11) is -4.61. The molecule has 1 saturated heterocycles. The molecular formula is C15H17F3O7S. The van der Waals surface area contributed by atoms with Gasteiger partial charge in [0, 0.05) is 13.5 Å². The van der Waals surface area contributed by atoms with Gasteiger partial charge < -0.3 is 14.2 Å². The minimum absolute atomic E-state index is 0.151. The quantitative estimate of drug-likeness (QED) is 0.427. The van der Waals surface area contributed by atoms with Crippen LogP contribution in [0, 0.1) is 0 Å². The maximum atomic E-state index is 12.6. The summed E-state index contributed by atoms with van der Waals surface area (Å²) in [6.45, 7) is 1.30. The fraction of sp³-hybridized carbons (Fsp3) is 0.533. The molecule has 0 N–H and O–H groups in total. The summed E-state index contributed by atoms with van der Waals surface area (Å²) in [5.41, 5.74) is -5.46. The SMILES string of the molecule is CO[C@@H]1C[C@@H](OC(=O)c2ccccc2)[C@H](OS(=O)(=O)C(F)(F)F)[C@@H](C)O1. The molecule has 1 aliphatic heterocycles. The molecule has 0 radical (unpaired) electrons. The van der Waals surface area contributed by atoms with Crippen molar-refractivity contribution in [2.24, 2.45) is 0 Å². The van der Waals surface area contributed by atoms with Crippen LogP contribution in [0.5, 0.6) is 0 Å². The second kappa shape index (κ2) is 7.91. The van der Waals surface area contributed by atoms with Crippen LogP contribution in [0.4, 0.5) is 13.2 Å². The summed E-state index contributed by atoms with van der Waals surface area (Å²) in [5.74, 6) is -0.836. The van der Waals surface area contributed by atoms with Crippen molar-refractivity contribution in [1.29, 1.82) is 0 Å². The van der Waals surface area contributed by atoms with Crippen molar-refractivity contribution in [1.82, 2.24) is 0 Å². The highest BCUT2D eigenvalue weighted by Gasteiger charge is 2.52. The molecule has 0 spiro atoms. The average molecular weight is 398 g/mol. The molecule has 11 heteroatoms. The topological polar surface area (TPSA) is 88.1 Å². The molecule has 146 valence electrons. The number of halogens is 3. The van der Waals surface area contributed by atoms with Crippen LogP contribution in [0.3, 0.4) is 0 Å². The van der Waals surface area contributed by atoms with Crippen LogP contribution in [-0.4, -0.2) is 51.6 Å². The van der Waals surface area contributed by atoms with Gasteiger partial charge in [-0.3, -0.25) is 4.18 Å². The molecule has 0 unspecified atom stereocenters. The Kier molecular flexibility index (Phi) is 6.27. The summed E-state index contributed by atoms with van der Waals surface area (Å²) in [6, 6.07) is 7.70. The van der Waals surface area contributed by atoms with Crippen molar-refractivity contribution in [2.45, 2.75) is 43.5 Å². The lowest BCUT2D eigenvalue weighted by molar-refractivity contribution is -0.232. The highest BCUT2D eigenvalue weighted by Crippen LogP contribution is 2.32. The highest BCUT2D eigenvalue weighted by atomic mass is 32.2. The van der Waals surface area contributed by atoms with E-state index in [2.05, 4.69) is 4.18 Å². The summed E-state index contributed by atoms with van der Waals surface area (Å²) < 4.78 is 80.3. The van der Waals surface area contributed by atoms with Crippen LogP contribution in [0.1, 0.15) is 23.7 Å². The van der Waals surface area contributed by atoms with Crippen LogP contribution < -0.4 is 0 Å². The van der Waals surface area contributed by atoms with Crippen molar-refractivity contribution < 1.29 is 44.8 Å². The highest BCUT2D eigenvalue weighted by molar-refractivity contribution is 7.87. The standard InChI is InChI=1S/C15H17F3O7S/c1-9-13(25-26(20,21)15(16,17)18)11(8-12(22-2)23-9)24-14(19)10-6-4-3-5-7-10/h3-7,9,11-13H,8H2,1-2H3/t9-,11-,12+,13-/m1/s1. The summed E-state index contributed by atoms with van der Waals surface area (Å²) in [4.78, 5) is 12.2. The Balaban J connectivity index is 2.23. The molecule has 0 amide bonds.